The Morgan fingerprint density at radius 2 is 1.65 bits per heavy atom. The van der Waals surface area contributed by atoms with Crippen LogP contribution < -0.4 is 0 Å². The zero-order valence-electron chi connectivity index (χ0n) is 11.0. The summed E-state index contributed by atoms with van der Waals surface area (Å²) in [5.74, 6) is 6.67. The molecule has 0 N–H and O–H groups in total. The minimum Gasteiger partial charge on any atom is -0.0919 e. The molecule has 2 aromatic rings. The van der Waals surface area contributed by atoms with Crippen LogP contribution in [0.25, 0.3) is 10.8 Å². The Labute approximate surface area is 104 Å². The molecule has 0 bridgehead atoms. The molecule has 0 spiro atoms. The Morgan fingerprint density at radius 3 is 2.35 bits per heavy atom. The molecule has 0 heteroatoms. The molecular formula is C17H18. The van der Waals surface area contributed by atoms with E-state index in [0.717, 1.165) is 5.56 Å². The standard InChI is InChI=1S/C17H18/c1-13-9-10-14-7-5-6-8-16(14)15(13)11-12-17(2,3)4/h5-10H,1-4H3. The van der Waals surface area contributed by atoms with Crippen LogP contribution in [0.5, 0.6) is 0 Å². The highest BCUT2D eigenvalue weighted by Crippen LogP contribution is 2.22. The van der Waals surface area contributed by atoms with E-state index in [2.05, 4.69) is 75.9 Å². The summed E-state index contributed by atoms with van der Waals surface area (Å²) >= 11 is 0. The van der Waals surface area contributed by atoms with Crippen LogP contribution >= 0.6 is 0 Å². The average molecular weight is 222 g/mol. The van der Waals surface area contributed by atoms with Crippen LogP contribution in [-0.4, -0.2) is 0 Å². The van der Waals surface area contributed by atoms with Gasteiger partial charge in [0.05, 0.1) is 0 Å². The van der Waals surface area contributed by atoms with Gasteiger partial charge in [0.25, 0.3) is 0 Å². The number of rotatable bonds is 0. The van der Waals surface area contributed by atoms with Gasteiger partial charge in [0.1, 0.15) is 0 Å². The predicted octanol–water partition coefficient (Wildman–Crippen LogP) is 4.55. The highest BCUT2D eigenvalue weighted by atomic mass is 14.1. The van der Waals surface area contributed by atoms with Gasteiger partial charge in [0, 0.05) is 11.0 Å². The van der Waals surface area contributed by atoms with Crippen LogP contribution in [0.3, 0.4) is 0 Å². The first-order chi connectivity index (χ1) is 7.97. The molecule has 2 rings (SSSR count). The lowest BCUT2D eigenvalue weighted by Gasteiger charge is -2.08. The van der Waals surface area contributed by atoms with Crippen molar-refractivity contribution in [1.29, 1.82) is 0 Å². The SMILES string of the molecule is Cc1ccc2ccccc2c1C#CC(C)(C)C. The number of aryl methyl sites for hydroxylation is 1. The molecule has 0 fully saturated rings. The third-order valence-corrected chi connectivity index (χ3v) is 2.70. The van der Waals surface area contributed by atoms with Gasteiger partial charge in [-0.05, 0) is 44.0 Å². The second kappa shape index (κ2) is 4.26. The van der Waals surface area contributed by atoms with Crippen molar-refractivity contribution in [3.05, 3.63) is 47.5 Å². The second-order valence-corrected chi connectivity index (χ2v) is 5.48. The lowest BCUT2D eigenvalue weighted by molar-refractivity contribution is 0.571. The molecule has 2 aromatic carbocycles. The first kappa shape index (κ1) is 11.7. The summed E-state index contributed by atoms with van der Waals surface area (Å²) in [6, 6.07) is 12.7. The van der Waals surface area contributed by atoms with Gasteiger partial charge in [-0.25, -0.2) is 0 Å². The van der Waals surface area contributed by atoms with Gasteiger partial charge in [-0.15, -0.1) is 0 Å². The molecule has 0 aliphatic rings. The van der Waals surface area contributed by atoms with E-state index in [1.807, 2.05) is 0 Å². The average Bonchev–Trinajstić information content (AvgIpc) is 2.26. The smallest absolute Gasteiger partial charge is 0.0353 e. The summed E-state index contributed by atoms with van der Waals surface area (Å²) in [6.45, 7) is 8.54. The monoisotopic (exact) mass is 222 g/mol. The van der Waals surface area contributed by atoms with Crippen molar-refractivity contribution in [1.82, 2.24) is 0 Å². The first-order valence-corrected chi connectivity index (χ1v) is 5.99. The Hall–Kier alpha value is -1.74. The van der Waals surface area contributed by atoms with E-state index in [-0.39, 0.29) is 5.41 Å². The third kappa shape index (κ3) is 2.68. The highest BCUT2D eigenvalue weighted by molar-refractivity contribution is 5.89. The van der Waals surface area contributed by atoms with Gasteiger partial charge < -0.3 is 0 Å². The number of fused-ring (bicyclic) bond motifs is 1. The molecule has 86 valence electrons. The van der Waals surface area contributed by atoms with Crippen LogP contribution in [0.4, 0.5) is 0 Å². The third-order valence-electron chi connectivity index (χ3n) is 2.70. The van der Waals surface area contributed by atoms with Crippen molar-refractivity contribution in [2.75, 3.05) is 0 Å². The topological polar surface area (TPSA) is 0 Å². The van der Waals surface area contributed by atoms with E-state index < -0.39 is 0 Å². The lowest BCUT2D eigenvalue weighted by atomic mass is 9.95. The summed E-state index contributed by atoms with van der Waals surface area (Å²) in [4.78, 5) is 0. The largest absolute Gasteiger partial charge is 0.0919 e. The fourth-order valence-electron chi connectivity index (χ4n) is 1.80. The van der Waals surface area contributed by atoms with E-state index >= 15 is 0 Å². The normalized spacial score (nSPS) is 11.1. The molecule has 0 heterocycles. The molecule has 17 heavy (non-hydrogen) atoms. The van der Waals surface area contributed by atoms with Crippen molar-refractivity contribution >= 4 is 10.8 Å². The second-order valence-electron chi connectivity index (χ2n) is 5.48. The Bertz CT molecular complexity index is 601. The minimum absolute atomic E-state index is 0.0450. The molecule has 0 amide bonds. The molecule has 0 atom stereocenters. The van der Waals surface area contributed by atoms with Gasteiger partial charge in [-0.1, -0.05) is 48.2 Å². The summed E-state index contributed by atoms with van der Waals surface area (Å²) in [5, 5.41) is 2.51. The summed E-state index contributed by atoms with van der Waals surface area (Å²) < 4.78 is 0. The zero-order chi connectivity index (χ0) is 12.5. The van der Waals surface area contributed by atoms with Gasteiger partial charge in [0.2, 0.25) is 0 Å². The van der Waals surface area contributed by atoms with Crippen molar-refractivity contribution < 1.29 is 0 Å². The summed E-state index contributed by atoms with van der Waals surface area (Å²) in [6.07, 6.45) is 0. The highest BCUT2D eigenvalue weighted by Gasteiger charge is 2.05. The van der Waals surface area contributed by atoms with E-state index in [9.17, 15) is 0 Å². The van der Waals surface area contributed by atoms with E-state index in [0.29, 0.717) is 0 Å². The summed E-state index contributed by atoms with van der Waals surface area (Å²) in [7, 11) is 0. The van der Waals surface area contributed by atoms with Crippen molar-refractivity contribution in [3.63, 3.8) is 0 Å². The van der Waals surface area contributed by atoms with Crippen LogP contribution in [0.15, 0.2) is 36.4 Å². The lowest BCUT2D eigenvalue weighted by Crippen LogP contribution is -1.99. The molecule has 0 saturated heterocycles. The van der Waals surface area contributed by atoms with Gasteiger partial charge in [0.15, 0.2) is 0 Å². The van der Waals surface area contributed by atoms with Crippen LogP contribution in [0.1, 0.15) is 31.9 Å². The van der Waals surface area contributed by atoms with Crippen LogP contribution in [-0.2, 0) is 0 Å². The molecule has 0 nitrogen and oxygen atoms in total. The van der Waals surface area contributed by atoms with Gasteiger partial charge in [-0.2, -0.15) is 0 Å². The van der Waals surface area contributed by atoms with Crippen molar-refractivity contribution in [3.8, 4) is 11.8 Å². The maximum Gasteiger partial charge on any atom is 0.0353 e. The number of hydrogen-bond acceptors (Lipinski definition) is 0. The van der Waals surface area contributed by atoms with E-state index in [1.165, 1.54) is 16.3 Å². The van der Waals surface area contributed by atoms with Crippen molar-refractivity contribution in [2.24, 2.45) is 5.41 Å². The van der Waals surface area contributed by atoms with Gasteiger partial charge in [-0.3, -0.25) is 0 Å². The van der Waals surface area contributed by atoms with Crippen LogP contribution in [0.2, 0.25) is 0 Å². The zero-order valence-corrected chi connectivity index (χ0v) is 11.0. The predicted molar refractivity (Wildman–Crippen MR) is 75.0 cm³/mol. The van der Waals surface area contributed by atoms with Gasteiger partial charge >= 0.3 is 0 Å². The van der Waals surface area contributed by atoms with Crippen LogP contribution in [0, 0.1) is 24.2 Å². The number of benzene rings is 2. The number of hydrogen-bond donors (Lipinski definition) is 0. The molecule has 0 saturated carbocycles. The van der Waals surface area contributed by atoms with E-state index in [4.69, 9.17) is 0 Å². The summed E-state index contributed by atoms with van der Waals surface area (Å²) in [5.41, 5.74) is 2.46. The Kier molecular flexibility index (Phi) is 2.94. The minimum atomic E-state index is 0.0450. The maximum atomic E-state index is 3.35. The quantitative estimate of drug-likeness (QED) is 0.574. The van der Waals surface area contributed by atoms with Crippen molar-refractivity contribution in [2.45, 2.75) is 27.7 Å². The fourth-order valence-corrected chi connectivity index (χ4v) is 1.80. The first-order valence-electron chi connectivity index (χ1n) is 5.99. The maximum absolute atomic E-state index is 3.35. The molecule has 0 aromatic heterocycles. The molecule has 0 unspecified atom stereocenters. The molecule has 0 aliphatic carbocycles. The molecular weight excluding hydrogens is 204 g/mol. The Balaban J connectivity index is 2.66. The van der Waals surface area contributed by atoms with E-state index in [1.54, 1.807) is 0 Å². The Morgan fingerprint density at radius 1 is 0.941 bits per heavy atom. The fraction of sp³-hybridized carbons (Fsp3) is 0.294. The molecule has 0 radical (unpaired) electrons. The molecule has 0 aliphatic heterocycles.